The second kappa shape index (κ2) is 7.13. The van der Waals surface area contributed by atoms with Crippen LogP contribution in [0.2, 0.25) is 0 Å². The van der Waals surface area contributed by atoms with Gasteiger partial charge in [-0.25, -0.2) is 4.79 Å². The fourth-order valence-electron chi connectivity index (χ4n) is 1.52. The number of hydrogen-bond acceptors (Lipinski definition) is 5. The third kappa shape index (κ3) is 4.27. The Kier molecular flexibility index (Phi) is 5.52. The molecule has 0 aliphatic heterocycles. The first-order chi connectivity index (χ1) is 9.45. The van der Waals surface area contributed by atoms with Gasteiger partial charge in [0.05, 0.1) is 12.7 Å². The summed E-state index contributed by atoms with van der Waals surface area (Å²) in [6.45, 7) is 0. The lowest BCUT2D eigenvalue weighted by Crippen LogP contribution is -2.41. The van der Waals surface area contributed by atoms with E-state index in [1.54, 1.807) is 6.07 Å². The summed E-state index contributed by atoms with van der Waals surface area (Å²) in [5.41, 5.74) is -0.0307. The summed E-state index contributed by atoms with van der Waals surface area (Å²) in [6.07, 6.45) is -0.226. The van der Waals surface area contributed by atoms with Gasteiger partial charge in [0, 0.05) is 6.42 Å². The van der Waals surface area contributed by atoms with Crippen LogP contribution in [0.3, 0.4) is 0 Å². The number of amides is 1. The highest BCUT2D eigenvalue weighted by molar-refractivity contribution is 5.98. The van der Waals surface area contributed by atoms with Crippen molar-refractivity contribution in [2.24, 2.45) is 0 Å². The Balaban J connectivity index is 2.71. The summed E-state index contributed by atoms with van der Waals surface area (Å²) >= 11 is 0. The van der Waals surface area contributed by atoms with Crippen molar-refractivity contribution in [3.8, 4) is 5.75 Å². The molecule has 7 heteroatoms. The number of esters is 1. The fourth-order valence-corrected chi connectivity index (χ4v) is 1.52. The number of aromatic hydroxyl groups is 1. The Morgan fingerprint density at radius 2 is 1.95 bits per heavy atom. The summed E-state index contributed by atoms with van der Waals surface area (Å²) in [5, 5.41) is 20.7. The van der Waals surface area contributed by atoms with Crippen LogP contribution in [0.1, 0.15) is 23.2 Å². The van der Waals surface area contributed by atoms with Crippen LogP contribution in [0, 0.1) is 0 Å². The molecule has 0 aromatic heterocycles. The van der Waals surface area contributed by atoms with Gasteiger partial charge in [0.15, 0.2) is 0 Å². The molecule has 7 nitrogen and oxygen atoms in total. The van der Waals surface area contributed by atoms with Gasteiger partial charge in [-0.1, -0.05) is 12.1 Å². The Hall–Kier alpha value is -2.57. The molecule has 1 aromatic rings. The molecule has 0 fully saturated rings. The number of benzene rings is 1. The van der Waals surface area contributed by atoms with Gasteiger partial charge < -0.3 is 20.3 Å². The lowest BCUT2D eigenvalue weighted by atomic mass is 10.1. The van der Waals surface area contributed by atoms with E-state index >= 15 is 0 Å². The van der Waals surface area contributed by atoms with Gasteiger partial charge in [-0.2, -0.15) is 0 Å². The lowest BCUT2D eigenvalue weighted by Gasteiger charge is -2.14. The van der Waals surface area contributed by atoms with Gasteiger partial charge in [-0.3, -0.25) is 9.59 Å². The third-order valence-electron chi connectivity index (χ3n) is 2.62. The van der Waals surface area contributed by atoms with Gasteiger partial charge >= 0.3 is 11.9 Å². The van der Waals surface area contributed by atoms with Crippen molar-refractivity contribution in [1.29, 1.82) is 0 Å². The molecule has 1 rings (SSSR count). The molecule has 0 radical (unpaired) electrons. The van der Waals surface area contributed by atoms with E-state index in [-0.39, 0.29) is 24.2 Å². The maximum absolute atomic E-state index is 11.8. The van der Waals surface area contributed by atoms with Crippen molar-refractivity contribution < 1.29 is 29.3 Å². The Labute approximate surface area is 115 Å². The predicted octanol–water partition coefficient (Wildman–Crippen LogP) is 0.528. The number of rotatable bonds is 6. The minimum atomic E-state index is -1.27. The van der Waals surface area contributed by atoms with Crippen LogP contribution in [-0.2, 0) is 14.3 Å². The first kappa shape index (κ1) is 15.5. The lowest BCUT2D eigenvalue weighted by molar-refractivity contribution is -0.142. The zero-order valence-electron chi connectivity index (χ0n) is 10.8. The van der Waals surface area contributed by atoms with E-state index in [2.05, 4.69) is 10.1 Å². The molecule has 1 amide bonds. The zero-order chi connectivity index (χ0) is 15.1. The third-order valence-corrected chi connectivity index (χ3v) is 2.62. The molecule has 0 spiro atoms. The number of methoxy groups -OCH3 is 1. The van der Waals surface area contributed by atoms with Crippen LogP contribution in [-0.4, -0.2) is 41.2 Å². The SMILES string of the molecule is COC(=O)CC[C@H](NC(=O)c1ccccc1O)C(=O)O. The second-order valence-electron chi connectivity index (χ2n) is 4.00. The smallest absolute Gasteiger partial charge is 0.326 e. The number of phenolic OH excluding ortho intramolecular Hbond substituents is 1. The summed E-state index contributed by atoms with van der Waals surface area (Å²) in [5.74, 6) is -2.80. The highest BCUT2D eigenvalue weighted by Crippen LogP contribution is 2.15. The van der Waals surface area contributed by atoms with Crippen molar-refractivity contribution in [3.63, 3.8) is 0 Å². The van der Waals surface area contributed by atoms with Gasteiger partial charge in [0.25, 0.3) is 5.91 Å². The molecule has 1 atom stereocenters. The maximum Gasteiger partial charge on any atom is 0.326 e. The molecule has 108 valence electrons. The molecule has 0 bridgehead atoms. The number of carbonyl (C=O) groups is 3. The molecule has 0 unspecified atom stereocenters. The Morgan fingerprint density at radius 3 is 2.50 bits per heavy atom. The number of carbonyl (C=O) groups excluding carboxylic acids is 2. The first-order valence-corrected chi connectivity index (χ1v) is 5.84. The van der Waals surface area contributed by atoms with Gasteiger partial charge in [0.1, 0.15) is 11.8 Å². The van der Waals surface area contributed by atoms with E-state index in [1.807, 2.05) is 0 Å². The van der Waals surface area contributed by atoms with Crippen LogP contribution < -0.4 is 5.32 Å². The van der Waals surface area contributed by atoms with Crippen molar-refractivity contribution >= 4 is 17.8 Å². The molecule has 0 heterocycles. The number of phenols is 1. The van der Waals surface area contributed by atoms with E-state index < -0.39 is 23.9 Å². The average molecular weight is 281 g/mol. The summed E-state index contributed by atoms with van der Waals surface area (Å²) in [7, 11) is 1.19. The standard InChI is InChI=1S/C13H15NO6/c1-20-11(16)7-6-9(13(18)19)14-12(17)8-4-2-3-5-10(8)15/h2-5,9,15H,6-7H2,1H3,(H,14,17)(H,18,19)/t9-/m0/s1. The van der Waals surface area contributed by atoms with E-state index in [0.29, 0.717) is 0 Å². The molecule has 3 N–H and O–H groups in total. The number of nitrogens with one attached hydrogen (secondary N) is 1. The monoisotopic (exact) mass is 281 g/mol. The van der Waals surface area contributed by atoms with Gasteiger partial charge in [-0.05, 0) is 18.6 Å². The van der Waals surface area contributed by atoms with Crippen LogP contribution in [0.4, 0.5) is 0 Å². The van der Waals surface area contributed by atoms with E-state index in [9.17, 15) is 19.5 Å². The summed E-state index contributed by atoms with van der Waals surface area (Å²) in [6, 6.07) is 4.53. The van der Waals surface area contributed by atoms with Crippen molar-refractivity contribution in [1.82, 2.24) is 5.32 Å². The minimum Gasteiger partial charge on any atom is -0.507 e. The molecule has 0 saturated heterocycles. The highest BCUT2D eigenvalue weighted by atomic mass is 16.5. The number of carboxylic acid groups (broad SMARTS) is 1. The molecule has 0 aliphatic rings. The Bertz CT molecular complexity index is 513. The number of hydrogen-bond donors (Lipinski definition) is 3. The molecule has 20 heavy (non-hydrogen) atoms. The van der Waals surface area contributed by atoms with Crippen molar-refractivity contribution in [2.45, 2.75) is 18.9 Å². The topological polar surface area (TPSA) is 113 Å². The normalized spacial score (nSPS) is 11.4. The van der Waals surface area contributed by atoms with Gasteiger partial charge in [0.2, 0.25) is 0 Å². The molecule has 1 aromatic carbocycles. The average Bonchev–Trinajstić information content (AvgIpc) is 2.42. The molecular weight excluding hydrogens is 266 g/mol. The van der Waals surface area contributed by atoms with Gasteiger partial charge in [-0.15, -0.1) is 0 Å². The van der Waals surface area contributed by atoms with E-state index in [1.165, 1.54) is 25.3 Å². The first-order valence-electron chi connectivity index (χ1n) is 5.84. The summed E-state index contributed by atoms with van der Waals surface area (Å²) in [4.78, 5) is 33.8. The van der Waals surface area contributed by atoms with Crippen molar-refractivity contribution in [3.05, 3.63) is 29.8 Å². The van der Waals surface area contributed by atoms with Crippen LogP contribution in [0.15, 0.2) is 24.3 Å². The summed E-state index contributed by atoms with van der Waals surface area (Å²) < 4.78 is 4.40. The van der Waals surface area contributed by atoms with Crippen LogP contribution >= 0.6 is 0 Å². The van der Waals surface area contributed by atoms with Crippen molar-refractivity contribution in [2.75, 3.05) is 7.11 Å². The second-order valence-corrected chi connectivity index (χ2v) is 4.00. The number of aliphatic carboxylic acids is 1. The number of ether oxygens (including phenoxy) is 1. The largest absolute Gasteiger partial charge is 0.507 e. The molecule has 0 aliphatic carbocycles. The molecule has 0 saturated carbocycles. The maximum atomic E-state index is 11.8. The van der Waals surface area contributed by atoms with E-state index in [4.69, 9.17) is 5.11 Å². The predicted molar refractivity (Wildman–Crippen MR) is 68.2 cm³/mol. The number of carboxylic acids is 1. The Morgan fingerprint density at radius 1 is 1.30 bits per heavy atom. The van der Waals surface area contributed by atoms with Crippen LogP contribution in [0.5, 0.6) is 5.75 Å². The van der Waals surface area contributed by atoms with Crippen LogP contribution in [0.25, 0.3) is 0 Å². The zero-order valence-corrected chi connectivity index (χ0v) is 10.8. The van der Waals surface area contributed by atoms with E-state index in [0.717, 1.165) is 0 Å². The highest BCUT2D eigenvalue weighted by Gasteiger charge is 2.22. The fraction of sp³-hybridized carbons (Fsp3) is 0.308. The minimum absolute atomic E-state index is 0.0307. The molecular formula is C13H15NO6. The quantitative estimate of drug-likeness (QED) is 0.655. The number of para-hydroxylation sites is 1.